The predicted octanol–water partition coefficient (Wildman–Crippen LogP) is 3.65. The van der Waals surface area contributed by atoms with Crippen LogP contribution >= 0.6 is 0 Å². The van der Waals surface area contributed by atoms with Gasteiger partial charge in [-0.2, -0.15) is 0 Å². The summed E-state index contributed by atoms with van der Waals surface area (Å²) in [6, 6.07) is 30.4. The first-order valence-electron chi connectivity index (χ1n) is 13.0. The van der Waals surface area contributed by atoms with Crippen molar-refractivity contribution in [3.05, 3.63) is 143 Å². The third kappa shape index (κ3) is 7.52. The van der Waals surface area contributed by atoms with Crippen LogP contribution in [0, 0.1) is 0 Å². The predicted molar refractivity (Wildman–Crippen MR) is 153 cm³/mol. The fourth-order valence-electron chi connectivity index (χ4n) is 4.35. The van der Waals surface area contributed by atoms with E-state index in [4.69, 9.17) is 4.74 Å². The second-order valence-electron chi connectivity index (χ2n) is 9.35. The van der Waals surface area contributed by atoms with Gasteiger partial charge in [0.25, 0.3) is 11.8 Å². The number of esters is 1. The van der Waals surface area contributed by atoms with Crippen LogP contribution in [0.2, 0.25) is 0 Å². The maximum atomic E-state index is 13.2. The number of hydrogen-bond donors (Lipinski definition) is 3. The molecule has 0 unspecified atom stereocenters. The summed E-state index contributed by atoms with van der Waals surface area (Å²) in [5, 5.41) is 16.4. The SMILES string of the molecule is COC(=O)[C@H](Cc1ccc(C(=O)c2ccccc2)cc1)NC(=O)[C@H](O)[C@@H](NC(=O)c1ccccc1)c1ccccc1. The molecule has 0 bridgehead atoms. The Morgan fingerprint density at radius 1 is 0.683 bits per heavy atom. The highest BCUT2D eigenvalue weighted by Gasteiger charge is 2.32. The Balaban J connectivity index is 1.49. The number of aliphatic hydroxyl groups excluding tert-OH is 1. The summed E-state index contributed by atoms with van der Waals surface area (Å²) in [5.74, 6) is -2.18. The summed E-state index contributed by atoms with van der Waals surface area (Å²) < 4.78 is 4.89. The van der Waals surface area contributed by atoms with Gasteiger partial charge in [-0.15, -0.1) is 0 Å². The molecule has 0 saturated carbocycles. The molecule has 0 radical (unpaired) electrons. The van der Waals surface area contributed by atoms with Gasteiger partial charge < -0.3 is 20.5 Å². The normalized spacial score (nSPS) is 12.8. The van der Waals surface area contributed by atoms with Crippen molar-refractivity contribution in [3.63, 3.8) is 0 Å². The van der Waals surface area contributed by atoms with Gasteiger partial charge in [0.2, 0.25) is 0 Å². The number of carbonyl (C=O) groups is 4. The molecule has 0 spiro atoms. The number of ketones is 1. The van der Waals surface area contributed by atoms with E-state index in [9.17, 15) is 24.3 Å². The molecule has 4 aromatic rings. The van der Waals surface area contributed by atoms with Crippen LogP contribution in [-0.4, -0.2) is 47.9 Å². The van der Waals surface area contributed by atoms with E-state index in [0.29, 0.717) is 27.8 Å². The minimum Gasteiger partial charge on any atom is -0.467 e. The van der Waals surface area contributed by atoms with E-state index in [-0.39, 0.29) is 12.2 Å². The topological polar surface area (TPSA) is 122 Å². The average Bonchev–Trinajstić information content (AvgIpc) is 3.03. The first kappa shape index (κ1) is 28.9. The van der Waals surface area contributed by atoms with Gasteiger partial charge in [0.05, 0.1) is 13.2 Å². The highest BCUT2D eigenvalue weighted by Crippen LogP contribution is 2.19. The van der Waals surface area contributed by atoms with Crippen molar-refractivity contribution in [2.75, 3.05) is 7.11 Å². The monoisotopic (exact) mass is 550 g/mol. The van der Waals surface area contributed by atoms with E-state index in [1.807, 2.05) is 6.07 Å². The molecular formula is C33H30N2O6. The molecule has 0 aliphatic rings. The molecule has 2 amide bonds. The van der Waals surface area contributed by atoms with Gasteiger partial charge in [-0.25, -0.2) is 4.79 Å². The van der Waals surface area contributed by atoms with E-state index in [1.165, 1.54) is 7.11 Å². The number of methoxy groups -OCH3 is 1. The van der Waals surface area contributed by atoms with Gasteiger partial charge in [-0.3, -0.25) is 14.4 Å². The number of carbonyl (C=O) groups excluding carboxylic acids is 4. The first-order valence-corrected chi connectivity index (χ1v) is 13.0. The number of amides is 2. The van der Waals surface area contributed by atoms with Crippen molar-refractivity contribution in [1.82, 2.24) is 10.6 Å². The second-order valence-corrected chi connectivity index (χ2v) is 9.35. The van der Waals surface area contributed by atoms with Crippen molar-refractivity contribution >= 4 is 23.6 Å². The number of aliphatic hydroxyl groups is 1. The maximum absolute atomic E-state index is 13.2. The smallest absolute Gasteiger partial charge is 0.328 e. The molecule has 0 aromatic heterocycles. The Morgan fingerprint density at radius 3 is 1.76 bits per heavy atom. The van der Waals surface area contributed by atoms with Crippen LogP contribution in [-0.2, 0) is 20.7 Å². The largest absolute Gasteiger partial charge is 0.467 e. The van der Waals surface area contributed by atoms with Gasteiger partial charge in [0, 0.05) is 23.1 Å². The lowest BCUT2D eigenvalue weighted by molar-refractivity contribution is -0.146. The fraction of sp³-hybridized carbons (Fsp3) is 0.152. The van der Waals surface area contributed by atoms with E-state index < -0.39 is 36.0 Å². The quantitative estimate of drug-likeness (QED) is 0.194. The van der Waals surface area contributed by atoms with E-state index in [2.05, 4.69) is 10.6 Å². The van der Waals surface area contributed by atoms with Crippen LogP contribution < -0.4 is 10.6 Å². The lowest BCUT2D eigenvalue weighted by Crippen LogP contribution is -2.51. The van der Waals surface area contributed by atoms with Gasteiger partial charge in [-0.1, -0.05) is 103 Å². The fourth-order valence-corrected chi connectivity index (χ4v) is 4.35. The van der Waals surface area contributed by atoms with Crippen LogP contribution in [0.25, 0.3) is 0 Å². The van der Waals surface area contributed by atoms with Gasteiger partial charge in [0.1, 0.15) is 6.04 Å². The number of nitrogens with one attached hydrogen (secondary N) is 2. The van der Waals surface area contributed by atoms with Crippen molar-refractivity contribution < 1.29 is 29.0 Å². The summed E-state index contributed by atoms with van der Waals surface area (Å²) in [5.41, 5.74) is 2.57. The lowest BCUT2D eigenvalue weighted by atomic mass is 9.98. The first-order chi connectivity index (χ1) is 19.9. The Kier molecular flexibility index (Phi) is 9.75. The summed E-state index contributed by atoms with van der Waals surface area (Å²) in [4.78, 5) is 51.4. The molecule has 8 heteroatoms. The van der Waals surface area contributed by atoms with Crippen LogP contribution in [0.15, 0.2) is 115 Å². The van der Waals surface area contributed by atoms with Crippen LogP contribution in [0.1, 0.15) is 43.4 Å². The molecule has 0 aliphatic carbocycles. The van der Waals surface area contributed by atoms with Crippen LogP contribution in [0.3, 0.4) is 0 Å². The summed E-state index contributed by atoms with van der Waals surface area (Å²) in [6.07, 6.45) is -1.67. The number of hydrogen-bond acceptors (Lipinski definition) is 6. The number of rotatable bonds is 11. The molecule has 0 heterocycles. The van der Waals surface area contributed by atoms with E-state index in [0.717, 1.165) is 0 Å². The average molecular weight is 551 g/mol. The minimum absolute atomic E-state index is 0.0529. The number of ether oxygens (including phenoxy) is 1. The van der Waals surface area contributed by atoms with E-state index >= 15 is 0 Å². The minimum atomic E-state index is -1.72. The van der Waals surface area contributed by atoms with Gasteiger partial charge in [0.15, 0.2) is 11.9 Å². The Bertz CT molecular complexity index is 1470. The number of benzene rings is 4. The molecule has 4 rings (SSSR count). The van der Waals surface area contributed by atoms with Crippen molar-refractivity contribution in [2.45, 2.75) is 24.6 Å². The molecule has 3 N–H and O–H groups in total. The molecule has 4 aromatic carbocycles. The zero-order valence-corrected chi connectivity index (χ0v) is 22.4. The van der Waals surface area contributed by atoms with Gasteiger partial charge in [-0.05, 0) is 23.3 Å². The van der Waals surface area contributed by atoms with Gasteiger partial charge >= 0.3 is 5.97 Å². The van der Waals surface area contributed by atoms with Crippen molar-refractivity contribution in [1.29, 1.82) is 0 Å². The lowest BCUT2D eigenvalue weighted by Gasteiger charge is -2.26. The summed E-state index contributed by atoms with van der Waals surface area (Å²) >= 11 is 0. The second kappa shape index (κ2) is 13.8. The zero-order chi connectivity index (χ0) is 29.2. The highest BCUT2D eigenvalue weighted by molar-refractivity contribution is 6.09. The summed E-state index contributed by atoms with van der Waals surface area (Å²) in [6.45, 7) is 0. The third-order valence-corrected chi connectivity index (χ3v) is 6.56. The molecule has 3 atom stereocenters. The molecule has 8 nitrogen and oxygen atoms in total. The zero-order valence-electron chi connectivity index (χ0n) is 22.4. The molecule has 0 aliphatic heterocycles. The molecule has 41 heavy (non-hydrogen) atoms. The van der Waals surface area contributed by atoms with Crippen molar-refractivity contribution in [3.8, 4) is 0 Å². The highest BCUT2D eigenvalue weighted by atomic mass is 16.5. The summed E-state index contributed by atoms with van der Waals surface area (Å²) in [7, 11) is 1.20. The van der Waals surface area contributed by atoms with Crippen LogP contribution in [0.5, 0.6) is 0 Å². The van der Waals surface area contributed by atoms with E-state index in [1.54, 1.807) is 109 Å². The molecule has 208 valence electrons. The van der Waals surface area contributed by atoms with Crippen LogP contribution in [0.4, 0.5) is 0 Å². The molecule has 0 fully saturated rings. The maximum Gasteiger partial charge on any atom is 0.328 e. The van der Waals surface area contributed by atoms with Crippen molar-refractivity contribution in [2.24, 2.45) is 0 Å². The Morgan fingerprint density at radius 2 is 1.20 bits per heavy atom. The standard InChI is InChI=1S/C33H30N2O6/c1-41-33(40)27(21-22-17-19-25(20-18-22)29(36)24-13-7-3-8-14-24)34-32(39)30(37)28(23-11-5-2-6-12-23)35-31(38)26-15-9-4-10-16-26/h2-20,27-28,30,37H,21H2,1H3,(H,34,39)(H,35,38)/t27-,28-,30+/m0/s1. The molecular weight excluding hydrogens is 520 g/mol. The third-order valence-electron chi connectivity index (χ3n) is 6.56. The Hall–Kier alpha value is -5.08. The Labute approximate surface area is 238 Å². The molecule has 0 saturated heterocycles.